The van der Waals surface area contributed by atoms with E-state index in [4.69, 9.17) is 0 Å². The summed E-state index contributed by atoms with van der Waals surface area (Å²) in [5.74, 6) is 0. The van der Waals surface area contributed by atoms with E-state index in [0.29, 0.717) is 0 Å². The lowest BCUT2D eigenvalue weighted by Gasteiger charge is -1.84. The Morgan fingerprint density at radius 1 is 0.545 bits per heavy atom. The van der Waals surface area contributed by atoms with Crippen LogP contribution in [0.2, 0.25) is 0 Å². The molecule has 3 aromatic heterocycles. The number of hydrogen-bond acceptors (Lipinski definition) is 4. The van der Waals surface area contributed by atoms with Gasteiger partial charge in [-0.1, -0.05) is 48.5 Å². The van der Waals surface area contributed by atoms with E-state index in [1.165, 1.54) is 16.1 Å². The van der Waals surface area contributed by atoms with E-state index in [0.717, 1.165) is 0 Å². The average Bonchev–Trinajstić information content (AvgIpc) is 3.32. The number of hydrogen-bond donors (Lipinski definition) is 0. The van der Waals surface area contributed by atoms with Gasteiger partial charge in [-0.25, -0.2) is 9.97 Å². The van der Waals surface area contributed by atoms with Gasteiger partial charge in [-0.3, -0.25) is 0 Å². The minimum absolute atomic E-state index is 1.37. The molecule has 0 amide bonds. The van der Waals surface area contributed by atoms with Gasteiger partial charge in [0.05, 0.1) is 0 Å². The van der Waals surface area contributed by atoms with E-state index in [9.17, 15) is 0 Å². The van der Waals surface area contributed by atoms with Crippen molar-refractivity contribution in [3.63, 3.8) is 0 Å². The van der Waals surface area contributed by atoms with Gasteiger partial charge >= 0.3 is 0 Å². The summed E-state index contributed by atoms with van der Waals surface area (Å²) in [6, 6.07) is 22.2. The second-order valence-electron chi connectivity index (χ2n) is 4.01. The smallest absolute Gasteiger partial charge is 0.115 e. The molecule has 0 N–H and O–H groups in total. The number of thiophene rings is 2. The van der Waals surface area contributed by atoms with Crippen LogP contribution in [0.25, 0.3) is 9.75 Å². The molecule has 1 aromatic carbocycles. The van der Waals surface area contributed by atoms with Gasteiger partial charge in [-0.05, 0) is 29.0 Å². The van der Waals surface area contributed by atoms with Crippen molar-refractivity contribution in [1.82, 2.24) is 9.97 Å². The van der Waals surface area contributed by atoms with Crippen molar-refractivity contribution < 1.29 is 0 Å². The zero-order chi connectivity index (χ0) is 15.3. The van der Waals surface area contributed by atoms with Crippen molar-refractivity contribution >= 4 is 22.7 Å². The molecule has 0 spiro atoms. The Labute approximate surface area is 138 Å². The van der Waals surface area contributed by atoms with Crippen LogP contribution in [-0.4, -0.2) is 9.97 Å². The summed E-state index contributed by atoms with van der Waals surface area (Å²) in [4.78, 5) is 10.1. The lowest BCUT2D eigenvalue weighted by molar-refractivity contribution is 1.17. The van der Waals surface area contributed by atoms with Gasteiger partial charge in [0.25, 0.3) is 0 Å². The molecular weight excluding hydrogens is 308 g/mol. The van der Waals surface area contributed by atoms with E-state index in [2.05, 4.69) is 45.0 Å². The van der Waals surface area contributed by atoms with Crippen molar-refractivity contribution in [2.75, 3.05) is 0 Å². The zero-order valence-corrected chi connectivity index (χ0v) is 13.6. The van der Waals surface area contributed by atoms with Crippen LogP contribution in [0.3, 0.4) is 0 Å². The molecule has 0 bridgehead atoms. The number of nitrogens with zero attached hydrogens (tertiary/aromatic N) is 2. The number of benzene rings is 1. The maximum atomic E-state index is 3.67. The fourth-order valence-corrected chi connectivity index (χ4v) is 3.05. The molecule has 0 atom stereocenters. The predicted molar refractivity (Wildman–Crippen MR) is 96.1 cm³/mol. The monoisotopic (exact) mass is 324 g/mol. The molecule has 0 aliphatic heterocycles. The number of aromatic nitrogens is 2. The highest BCUT2D eigenvalue weighted by molar-refractivity contribution is 7.20. The highest BCUT2D eigenvalue weighted by atomic mass is 32.1. The Morgan fingerprint density at radius 2 is 1.00 bits per heavy atom. The zero-order valence-electron chi connectivity index (χ0n) is 11.9. The molecule has 0 saturated carbocycles. The topological polar surface area (TPSA) is 25.8 Å². The lowest BCUT2D eigenvalue weighted by Crippen LogP contribution is -1.66. The Bertz CT molecular complexity index is 561. The molecule has 0 unspecified atom stereocenters. The maximum Gasteiger partial charge on any atom is 0.115 e. The standard InChI is InChI=1S/C8H6S2.C6H6.C4H4N2/c1-3-7(9-5-1)8-4-2-6-10-8;1-2-4-6-5-3-1;1-2-5-4-6-3-1/h1-6H;1-6H;1-4H. The highest BCUT2D eigenvalue weighted by Crippen LogP contribution is 2.28. The highest BCUT2D eigenvalue weighted by Gasteiger charge is 1.96. The summed E-state index contributed by atoms with van der Waals surface area (Å²) in [7, 11) is 0. The van der Waals surface area contributed by atoms with E-state index in [1.54, 1.807) is 41.1 Å². The van der Waals surface area contributed by atoms with Gasteiger partial charge in [0, 0.05) is 22.1 Å². The van der Waals surface area contributed by atoms with Gasteiger partial charge in [-0.15, -0.1) is 22.7 Å². The largest absolute Gasteiger partial charge is 0.245 e. The first-order valence-electron chi connectivity index (χ1n) is 6.74. The van der Waals surface area contributed by atoms with Crippen molar-refractivity contribution in [1.29, 1.82) is 0 Å². The normalized spacial score (nSPS) is 8.91. The third-order valence-electron chi connectivity index (χ3n) is 2.43. The van der Waals surface area contributed by atoms with Crippen LogP contribution in [-0.2, 0) is 0 Å². The summed E-state index contributed by atoms with van der Waals surface area (Å²) in [5.41, 5.74) is 0. The minimum atomic E-state index is 1.37. The second kappa shape index (κ2) is 10.4. The molecule has 110 valence electrons. The van der Waals surface area contributed by atoms with Crippen LogP contribution in [0.5, 0.6) is 0 Å². The molecule has 0 saturated heterocycles. The summed E-state index contributed by atoms with van der Waals surface area (Å²) in [5, 5.41) is 4.21. The van der Waals surface area contributed by atoms with Gasteiger partial charge in [-0.2, -0.15) is 0 Å². The van der Waals surface area contributed by atoms with Crippen LogP contribution in [0.1, 0.15) is 0 Å². The fraction of sp³-hybridized carbons (Fsp3) is 0. The van der Waals surface area contributed by atoms with Crippen molar-refractivity contribution in [3.05, 3.63) is 96.2 Å². The molecule has 0 aliphatic rings. The third kappa shape index (κ3) is 6.43. The third-order valence-corrected chi connectivity index (χ3v) is 4.36. The first kappa shape index (κ1) is 16.1. The molecule has 4 rings (SSSR count). The van der Waals surface area contributed by atoms with Gasteiger partial charge in [0.2, 0.25) is 0 Å². The van der Waals surface area contributed by atoms with E-state index in [1.807, 2.05) is 36.4 Å². The van der Waals surface area contributed by atoms with Crippen LogP contribution in [0.4, 0.5) is 0 Å². The van der Waals surface area contributed by atoms with Crippen LogP contribution < -0.4 is 0 Å². The van der Waals surface area contributed by atoms with Crippen LogP contribution >= 0.6 is 22.7 Å². The van der Waals surface area contributed by atoms with E-state index in [-0.39, 0.29) is 0 Å². The Balaban J connectivity index is 0.000000128. The summed E-state index contributed by atoms with van der Waals surface area (Å²) in [6.45, 7) is 0. The van der Waals surface area contributed by atoms with Crippen LogP contribution in [0, 0.1) is 0 Å². The molecule has 0 aliphatic carbocycles. The van der Waals surface area contributed by atoms with Crippen LogP contribution in [0.15, 0.2) is 96.2 Å². The van der Waals surface area contributed by atoms with E-state index < -0.39 is 0 Å². The number of rotatable bonds is 1. The first-order chi connectivity index (χ1) is 11.0. The average molecular weight is 324 g/mol. The molecule has 2 nitrogen and oxygen atoms in total. The Kier molecular flexibility index (Phi) is 7.62. The van der Waals surface area contributed by atoms with Gasteiger partial charge < -0.3 is 0 Å². The molecular formula is C18H16N2S2. The molecule has 0 fully saturated rings. The Hall–Kier alpha value is -2.30. The maximum absolute atomic E-state index is 3.67. The quantitative estimate of drug-likeness (QED) is 0.453. The first-order valence-corrected chi connectivity index (χ1v) is 8.50. The van der Waals surface area contributed by atoms with Crippen molar-refractivity contribution in [3.8, 4) is 9.75 Å². The molecule has 0 radical (unpaired) electrons. The minimum Gasteiger partial charge on any atom is -0.245 e. The second-order valence-corrected chi connectivity index (χ2v) is 5.91. The fourth-order valence-electron chi connectivity index (χ4n) is 1.48. The molecule has 4 heteroatoms. The van der Waals surface area contributed by atoms with Gasteiger partial charge in [0.1, 0.15) is 6.33 Å². The summed E-state index contributed by atoms with van der Waals surface area (Å²) < 4.78 is 0. The molecule has 4 aromatic rings. The SMILES string of the molecule is c1ccccc1.c1cncnc1.c1csc(-c2cccs2)c1. The van der Waals surface area contributed by atoms with Crippen molar-refractivity contribution in [2.45, 2.75) is 0 Å². The van der Waals surface area contributed by atoms with Crippen molar-refractivity contribution in [2.24, 2.45) is 0 Å². The predicted octanol–water partition coefficient (Wildman–Crippen LogP) is 5.64. The van der Waals surface area contributed by atoms with E-state index >= 15 is 0 Å². The Morgan fingerprint density at radius 3 is 1.23 bits per heavy atom. The lowest BCUT2D eigenvalue weighted by atomic mass is 10.4. The summed E-state index contributed by atoms with van der Waals surface area (Å²) >= 11 is 3.58. The molecule has 22 heavy (non-hydrogen) atoms. The summed E-state index contributed by atoms with van der Waals surface area (Å²) in [6.07, 6.45) is 4.88. The molecule has 3 heterocycles. The van der Waals surface area contributed by atoms with Gasteiger partial charge in [0.15, 0.2) is 0 Å².